The second kappa shape index (κ2) is 8.47. The Morgan fingerprint density at radius 1 is 1.20 bits per heavy atom. The van der Waals surface area contributed by atoms with Crippen molar-refractivity contribution in [2.75, 3.05) is 26.7 Å². The van der Waals surface area contributed by atoms with Crippen LogP contribution in [0.4, 0.5) is 0 Å². The number of hydrogen-bond acceptors (Lipinski definition) is 5. The van der Waals surface area contributed by atoms with Gasteiger partial charge in [0.25, 0.3) is 5.91 Å². The number of para-hydroxylation sites is 1. The highest BCUT2D eigenvalue weighted by Gasteiger charge is 2.31. The van der Waals surface area contributed by atoms with Crippen molar-refractivity contribution in [3.63, 3.8) is 0 Å². The van der Waals surface area contributed by atoms with E-state index in [1.807, 2.05) is 29.2 Å². The molecule has 1 atom stereocenters. The maximum Gasteiger partial charge on any atom is 0.264 e. The second-order valence-corrected chi connectivity index (χ2v) is 6.76. The van der Waals surface area contributed by atoms with Crippen LogP contribution in [0.3, 0.4) is 0 Å². The fraction of sp³-hybridized carbons (Fsp3) is 0.333. The lowest BCUT2D eigenvalue weighted by Gasteiger charge is -2.36. The number of halogens is 1. The number of nitrogens with zero attached hydrogens (tertiary/aromatic N) is 1. The topological polar surface area (TPSA) is 58.6 Å². The zero-order chi connectivity index (χ0) is 17.1. The van der Waals surface area contributed by atoms with Gasteiger partial charge < -0.3 is 15.0 Å². The van der Waals surface area contributed by atoms with Gasteiger partial charge in [0.1, 0.15) is 5.75 Å². The number of thiophene rings is 1. The summed E-state index contributed by atoms with van der Waals surface area (Å²) in [7, 11) is 1.64. The minimum atomic E-state index is -0.0923. The van der Waals surface area contributed by atoms with Crippen molar-refractivity contribution in [1.82, 2.24) is 10.2 Å². The Morgan fingerprint density at radius 2 is 1.92 bits per heavy atom. The van der Waals surface area contributed by atoms with E-state index in [2.05, 4.69) is 5.32 Å². The van der Waals surface area contributed by atoms with Crippen LogP contribution in [0.1, 0.15) is 37.9 Å². The van der Waals surface area contributed by atoms with Gasteiger partial charge in [0.2, 0.25) is 0 Å². The molecule has 1 aromatic heterocycles. The van der Waals surface area contributed by atoms with Gasteiger partial charge in [0.15, 0.2) is 5.78 Å². The SMILES string of the molecule is COc1ccccc1C1CNCCN1C(=O)c1ccc(C(C)=O)s1.Cl. The second-order valence-electron chi connectivity index (χ2n) is 5.68. The molecule has 0 radical (unpaired) electrons. The Hall–Kier alpha value is -1.89. The Bertz CT molecular complexity index is 762. The largest absolute Gasteiger partial charge is 0.496 e. The van der Waals surface area contributed by atoms with Crippen LogP contribution in [-0.4, -0.2) is 43.3 Å². The first-order chi connectivity index (χ1) is 11.6. The molecule has 1 saturated heterocycles. The number of amides is 1. The normalized spacial score (nSPS) is 16.9. The van der Waals surface area contributed by atoms with Crippen LogP contribution in [0.5, 0.6) is 5.75 Å². The van der Waals surface area contributed by atoms with Crippen molar-refractivity contribution < 1.29 is 14.3 Å². The summed E-state index contributed by atoms with van der Waals surface area (Å²) < 4.78 is 5.46. The number of benzene rings is 1. The number of carbonyl (C=O) groups is 2. The van der Waals surface area contributed by atoms with Crippen molar-refractivity contribution in [1.29, 1.82) is 0 Å². The molecule has 1 aliphatic heterocycles. The van der Waals surface area contributed by atoms with E-state index in [0.29, 0.717) is 22.8 Å². The lowest BCUT2D eigenvalue weighted by Crippen LogP contribution is -2.48. The molecule has 0 saturated carbocycles. The number of ketones is 1. The number of hydrogen-bond donors (Lipinski definition) is 1. The minimum Gasteiger partial charge on any atom is -0.496 e. The van der Waals surface area contributed by atoms with Crippen LogP contribution in [-0.2, 0) is 0 Å². The van der Waals surface area contributed by atoms with Crippen LogP contribution in [0.2, 0.25) is 0 Å². The van der Waals surface area contributed by atoms with E-state index in [4.69, 9.17) is 4.74 Å². The van der Waals surface area contributed by atoms with Gasteiger partial charge in [-0.2, -0.15) is 0 Å². The van der Waals surface area contributed by atoms with Gasteiger partial charge in [0.05, 0.1) is 22.9 Å². The number of carbonyl (C=O) groups excluding carboxylic acids is 2. The molecule has 1 N–H and O–H groups in total. The summed E-state index contributed by atoms with van der Waals surface area (Å²) >= 11 is 1.26. The molecule has 0 spiro atoms. The van der Waals surface area contributed by atoms with Gasteiger partial charge in [0, 0.05) is 25.2 Å². The predicted octanol–water partition coefficient (Wildman–Crippen LogP) is 3.17. The average Bonchev–Trinajstić information content (AvgIpc) is 3.11. The van der Waals surface area contributed by atoms with Gasteiger partial charge in [-0.25, -0.2) is 0 Å². The maximum atomic E-state index is 13.0. The molecule has 1 aromatic carbocycles. The number of methoxy groups -OCH3 is 1. The van der Waals surface area contributed by atoms with Crippen molar-refractivity contribution in [2.45, 2.75) is 13.0 Å². The molecule has 2 heterocycles. The van der Waals surface area contributed by atoms with E-state index in [0.717, 1.165) is 17.9 Å². The Balaban J connectivity index is 0.00000225. The van der Waals surface area contributed by atoms with Crippen molar-refractivity contribution in [3.05, 3.63) is 51.7 Å². The zero-order valence-electron chi connectivity index (χ0n) is 14.2. The fourth-order valence-corrected chi connectivity index (χ4v) is 3.81. The molecule has 0 bridgehead atoms. The van der Waals surface area contributed by atoms with Gasteiger partial charge in [-0.15, -0.1) is 23.7 Å². The lowest BCUT2D eigenvalue weighted by molar-refractivity contribution is 0.0636. The molecule has 134 valence electrons. The monoisotopic (exact) mass is 380 g/mol. The Morgan fingerprint density at radius 3 is 2.60 bits per heavy atom. The molecule has 1 aliphatic rings. The molecule has 1 amide bonds. The summed E-state index contributed by atoms with van der Waals surface area (Å²) in [5.74, 6) is 0.727. The molecular formula is C18H21ClN2O3S. The number of Topliss-reactive ketones (excluding diaryl/α,β-unsaturated/α-hetero) is 1. The van der Waals surface area contributed by atoms with Crippen molar-refractivity contribution in [3.8, 4) is 5.75 Å². The van der Waals surface area contributed by atoms with E-state index in [1.54, 1.807) is 19.2 Å². The molecule has 5 nitrogen and oxygen atoms in total. The molecule has 1 fully saturated rings. The lowest BCUT2D eigenvalue weighted by atomic mass is 10.0. The van der Waals surface area contributed by atoms with Crippen LogP contribution in [0.15, 0.2) is 36.4 Å². The zero-order valence-corrected chi connectivity index (χ0v) is 15.8. The average molecular weight is 381 g/mol. The summed E-state index contributed by atoms with van der Waals surface area (Å²) in [6.45, 7) is 3.57. The number of rotatable bonds is 4. The summed E-state index contributed by atoms with van der Waals surface area (Å²) in [5, 5.41) is 3.34. The first kappa shape index (κ1) is 19.4. The standard InChI is InChI=1S/C18H20N2O3S.ClH/c1-12(21)16-7-8-17(24-16)18(22)20-10-9-19-11-14(20)13-5-3-4-6-15(13)23-2;/h3-8,14,19H,9-11H2,1-2H3;1H. The summed E-state index contributed by atoms with van der Waals surface area (Å²) in [6, 6.07) is 11.1. The van der Waals surface area contributed by atoms with E-state index < -0.39 is 0 Å². The van der Waals surface area contributed by atoms with Crippen molar-refractivity contribution >= 4 is 35.4 Å². The van der Waals surface area contributed by atoms with E-state index in [9.17, 15) is 9.59 Å². The molecule has 25 heavy (non-hydrogen) atoms. The van der Waals surface area contributed by atoms with Crippen LogP contribution in [0, 0.1) is 0 Å². The highest BCUT2D eigenvalue weighted by atomic mass is 35.5. The number of nitrogens with one attached hydrogen (secondary N) is 1. The van der Waals surface area contributed by atoms with Gasteiger partial charge in [-0.05, 0) is 25.1 Å². The Labute approximate surface area is 157 Å². The van der Waals surface area contributed by atoms with Gasteiger partial charge >= 0.3 is 0 Å². The minimum absolute atomic E-state index is 0. The summed E-state index contributed by atoms with van der Waals surface area (Å²) in [5.41, 5.74) is 0.990. The first-order valence-corrected chi connectivity index (χ1v) is 8.69. The maximum absolute atomic E-state index is 13.0. The van der Waals surface area contributed by atoms with E-state index in [1.165, 1.54) is 18.3 Å². The predicted molar refractivity (Wildman–Crippen MR) is 101 cm³/mol. The molecule has 2 aromatic rings. The number of piperazine rings is 1. The van der Waals surface area contributed by atoms with Crippen molar-refractivity contribution in [2.24, 2.45) is 0 Å². The van der Waals surface area contributed by atoms with Gasteiger partial charge in [-0.3, -0.25) is 9.59 Å². The van der Waals surface area contributed by atoms with Crippen LogP contribution in [0.25, 0.3) is 0 Å². The fourth-order valence-electron chi connectivity index (χ4n) is 2.95. The quantitative estimate of drug-likeness (QED) is 0.828. The third-order valence-corrected chi connectivity index (χ3v) is 5.34. The van der Waals surface area contributed by atoms with E-state index >= 15 is 0 Å². The summed E-state index contributed by atoms with van der Waals surface area (Å²) in [4.78, 5) is 27.5. The first-order valence-electron chi connectivity index (χ1n) is 7.87. The Kier molecular flexibility index (Phi) is 6.58. The highest BCUT2D eigenvalue weighted by molar-refractivity contribution is 7.15. The van der Waals surface area contributed by atoms with Gasteiger partial charge in [-0.1, -0.05) is 18.2 Å². The number of ether oxygens (including phenoxy) is 1. The molecular weight excluding hydrogens is 360 g/mol. The molecule has 7 heteroatoms. The van der Waals surface area contributed by atoms with E-state index in [-0.39, 0.29) is 30.1 Å². The smallest absolute Gasteiger partial charge is 0.264 e. The van der Waals surface area contributed by atoms with Crippen LogP contribution < -0.4 is 10.1 Å². The van der Waals surface area contributed by atoms with Crippen LogP contribution >= 0.6 is 23.7 Å². The molecule has 0 aliphatic carbocycles. The highest BCUT2D eigenvalue weighted by Crippen LogP contribution is 2.32. The summed E-state index contributed by atoms with van der Waals surface area (Å²) in [6.07, 6.45) is 0. The molecule has 1 unspecified atom stereocenters. The third-order valence-electron chi connectivity index (χ3n) is 4.17. The third kappa shape index (κ3) is 4.03. The molecule has 3 rings (SSSR count).